The lowest BCUT2D eigenvalue weighted by Crippen LogP contribution is -2.36. The third kappa shape index (κ3) is 4.59. The highest BCUT2D eigenvalue weighted by Crippen LogP contribution is 2.25. The largest absolute Gasteiger partial charge is 0.359 e. The van der Waals surface area contributed by atoms with Gasteiger partial charge in [-0.25, -0.2) is 0 Å². The number of hydrogen-bond donors (Lipinski definition) is 1. The molecule has 0 atom stereocenters. The fraction of sp³-hybridized carbons (Fsp3) is 0.412. The van der Waals surface area contributed by atoms with Crippen LogP contribution in [-0.4, -0.2) is 46.2 Å². The molecule has 1 aliphatic heterocycles. The molecule has 0 spiro atoms. The first kappa shape index (κ1) is 19.0. The average Bonchev–Trinajstić information content (AvgIpc) is 2.89. The van der Waals surface area contributed by atoms with E-state index < -0.39 is 0 Å². The summed E-state index contributed by atoms with van der Waals surface area (Å²) in [5.74, 6) is -0.948. The third-order valence-corrected chi connectivity index (χ3v) is 4.05. The monoisotopic (exact) mass is 336 g/mol. The fourth-order valence-electron chi connectivity index (χ4n) is 2.85. The lowest BCUT2D eigenvalue weighted by Gasteiger charge is -2.21. The molecule has 0 aliphatic carbocycles. The molecule has 0 bridgehead atoms. The van der Waals surface area contributed by atoms with Gasteiger partial charge in [0.2, 0.25) is 18.2 Å². The van der Waals surface area contributed by atoms with Crippen molar-refractivity contribution in [3.63, 3.8) is 0 Å². The van der Waals surface area contributed by atoms with Crippen molar-refractivity contribution in [1.82, 2.24) is 5.32 Å². The van der Waals surface area contributed by atoms with E-state index in [1.807, 2.05) is 0 Å². The highest BCUT2D eigenvalue weighted by atomic mass is 16.2. The van der Waals surface area contributed by atoms with Crippen LogP contribution < -0.4 is 21.1 Å². The van der Waals surface area contributed by atoms with Crippen LogP contribution in [0.3, 0.4) is 0 Å². The quantitative estimate of drug-likeness (QED) is 0.215. The Morgan fingerprint density at radius 3 is 2.44 bits per heavy atom. The number of imide groups is 1. The first-order valence-corrected chi connectivity index (χ1v) is 8.20. The van der Waals surface area contributed by atoms with E-state index in [2.05, 4.69) is 5.32 Å². The van der Waals surface area contributed by atoms with Gasteiger partial charge in [-0.15, -0.1) is 0 Å². The fourth-order valence-corrected chi connectivity index (χ4v) is 2.85. The van der Waals surface area contributed by atoms with E-state index >= 15 is 0 Å². The summed E-state index contributed by atoms with van der Waals surface area (Å²) in [5.41, 5.74) is 0.794. The summed E-state index contributed by atoms with van der Waals surface area (Å²) >= 11 is 0. The number of Topliss-reactive ketones (excluding diaryl/α,β-unsaturated/α-hetero) is 1. The SMILES string of the molecule is [B]c1cc([B])c(N2C(=O)CCC2=O)c(C(=O)CCCCCNC=O)c1. The Morgan fingerprint density at radius 1 is 1.12 bits per heavy atom. The zero-order valence-corrected chi connectivity index (χ0v) is 13.9. The van der Waals surface area contributed by atoms with Crippen LogP contribution >= 0.6 is 0 Å². The van der Waals surface area contributed by atoms with Crippen LogP contribution in [0.1, 0.15) is 48.9 Å². The number of nitrogens with zero attached hydrogens (tertiary/aromatic N) is 1. The van der Waals surface area contributed by atoms with E-state index in [4.69, 9.17) is 15.7 Å². The van der Waals surface area contributed by atoms with E-state index in [0.717, 1.165) is 17.7 Å². The lowest BCUT2D eigenvalue weighted by atomic mass is 9.82. The van der Waals surface area contributed by atoms with Crippen molar-refractivity contribution in [3.8, 4) is 0 Å². The second-order valence-electron chi connectivity index (χ2n) is 5.93. The molecular weight excluding hydrogens is 318 g/mol. The molecule has 1 aliphatic rings. The average molecular weight is 336 g/mol. The van der Waals surface area contributed by atoms with Gasteiger partial charge in [0, 0.05) is 31.4 Å². The molecule has 1 N–H and O–H groups in total. The Bertz CT molecular complexity index is 690. The van der Waals surface area contributed by atoms with Crippen LogP contribution in [0.5, 0.6) is 0 Å². The smallest absolute Gasteiger partial charge is 0.234 e. The molecule has 1 heterocycles. The van der Waals surface area contributed by atoms with Gasteiger partial charge in [0.05, 0.1) is 5.69 Å². The molecule has 126 valence electrons. The minimum atomic E-state index is -0.365. The molecule has 0 saturated carbocycles. The van der Waals surface area contributed by atoms with Crippen molar-refractivity contribution in [2.75, 3.05) is 11.4 Å². The van der Waals surface area contributed by atoms with Gasteiger partial charge >= 0.3 is 0 Å². The number of hydrogen-bond acceptors (Lipinski definition) is 4. The highest BCUT2D eigenvalue weighted by Gasteiger charge is 2.33. The van der Waals surface area contributed by atoms with Gasteiger partial charge in [-0.05, 0) is 12.8 Å². The maximum Gasteiger partial charge on any atom is 0.234 e. The van der Waals surface area contributed by atoms with E-state index in [1.54, 1.807) is 0 Å². The van der Waals surface area contributed by atoms with Crippen molar-refractivity contribution in [3.05, 3.63) is 17.7 Å². The summed E-state index contributed by atoms with van der Waals surface area (Å²) in [7, 11) is 11.7. The van der Waals surface area contributed by atoms with Crippen molar-refractivity contribution < 1.29 is 19.2 Å². The number of amides is 3. The van der Waals surface area contributed by atoms with Gasteiger partial charge in [-0.2, -0.15) is 0 Å². The van der Waals surface area contributed by atoms with Crippen LogP contribution in [0.15, 0.2) is 12.1 Å². The zero-order valence-electron chi connectivity index (χ0n) is 13.9. The number of anilines is 1. The van der Waals surface area contributed by atoms with Gasteiger partial charge in [0.15, 0.2) is 5.78 Å². The topological polar surface area (TPSA) is 83.6 Å². The van der Waals surface area contributed by atoms with Crippen LogP contribution in [-0.2, 0) is 14.4 Å². The van der Waals surface area contributed by atoms with E-state index in [0.29, 0.717) is 24.8 Å². The Hall–Kier alpha value is -2.37. The van der Waals surface area contributed by atoms with Crippen molar-refractivity contribution in [2.24, 2.45) is 0 Å². The Labute approximate surface area is 149 Å². The Morgan fingerprint density at radius 2 is 1.80 bits per heavy atom. The number of benzene rings is 1. The number of carbonyl (C=O) groups is 4. The second-order valence-corrected chi connectivity index (χ2v) is 5.93. The van der Waals surface area contributed by atoms with Crippen molar-refractivity contribution >= 4 is 56.3 Å². The minimum Gasteiger partial charge on any atom is -0.359 e. The highest BCUT2D eigenvalue weighted by molar-refractivity contribution is 6.43. The number of nitrogens with one attached hydrogen (secondary N) is 1. The van der Waals surface area contributed by atoms with Gasteiger partial charge in [-0.3, -0.25) is 24.1 Å². The molecule has 4 radical (unpaired) electrons. The normalized spacial score (nSPS) is 14.0. The molecule has 6 nitrogen and oxygen atoms in total. The summed E-state index contributed by atoms with van der Waals surface area (Å²) in [4.78, 5) is 47.8. The molecule has 2 rings (SSSR count). The van der Waals surface area contributed by atoms with Gasteiger partial charge in [0.25, 0.3) is 0 Å². The third-order valence-electron chi connectivity index (χ3n) is 4.05. The molecule has 0 unspecified atom stereocenters. The number of rotatable bonds is 9. The molecule has 0 aromatic heterocycles. The molecule has 1 aromatic rings. The van der Waals surface area contributed by atoms with E-state index in [1.165, 1.54) is 12.1 Å². The van der Waals surface area contributed by atoms with E-state index in [9.17, 15) is 19.2 Å². The predicted octanol–water partition coefficient (Wildman–Crippen LogP) is -0.583. The second kappa shape index (κ2) is 8.65. The molecule has 8 heteroatoms. The minimum absolute atomic E-state index is 0.111. The zero-order chi connectivity index (χ0) is 18.4. The van der Waals surface area contributed by atoms with Gasteiger partial charge < -0.3 is 5.32 Å². The Balaban J connectivity index is 2.16. The summed E-state index contributed by atoms with van der Waals surface area (Å²) in [6.07, 6.45) is 3.25. The van der Waals surface area contributed by atoms with E-state index in [-0.39, 0.29) is 53.6 Å². The molecule has 1 saturated heterocycles. The first-order valence-electron chi connectivity index (χ1n) is 8.20. The molecule has 25 heavy (non-hydrogen) atoms. The summed E-state index contributed by atoms with van der Waals surface area (Å²) in [6.45, 7) is 0.560. The number of carbonyl (C=O) groups excluding carboxylic acids is 4. The van der Waals surface area contributed by atoms with Crippen molar-refractivity contribution in [1.29, 1.82) is 0 Å². The number of ketones is 1. The summed E-state index contributed by atoms with van der Waals surface area (Å²) in [6, 6.07) is 2.90. The predicted molar refractivity (Wildman–Crippen MR) is 95.8 cm³/mol. The van der Waals surface area contributed by atoms with Crippen molar-refractivity contribution in [2.45, 2.75) is 38.5 Å². The van der Waals surface area contributed by atoms with Gasteiger partial charge in [-0.1, -0.05) is 29.5 Å². The van der Waals surface area contributed by atoms with Gasteiger partial charge in [0.1, 0.15) is 15.7 Å². The molecule has 3 amide bonds. The van der Waals surface area contributed by atoms with Crippen LogP contribution in [0.25, 0.3) is 0 Å². The maximum absolute atomic E-state index is 12.6. The van der Waals surface area contributed by atoms with Crippen LogP contribution in [0.2, 0.25) is 0 Å². The summed E-state index contributed by atoms with van der Waals surface area (Å²) in [5, 5.41) is 2.56. The Kier molecular flexibility index (Phi) is 6.56. The summed E-state index contributed by atoms with van der Waals surface area (Å²) < 4.78 is 0. The lowest BCUT2D eigenvalue weighted by molar-refractivity contribution is -0.121. The standard InChI is InChI=1S/C17H18B2N2O4/c18-11-8-12(14(23)4-2-1-3-7-20-10-22)17(13(19)9-11)21-15(24)5-6-16(21)25/h8-10H,1-7H2,(H,20,22). The molecule has 1 aromatic carbocycles. The molecule has 1 fully saturated rings. The van der Waals surface area contributed by atoms with Crippen LogP contribution in [0, 0.1) is 0 Å². The first-order chi connectivity index (χ1) is 12.0. The molecular formula is C17H18B2N2O4. The number of unbranched alkanes of at least 4 members (excludes halogenated alkanes) is 2. The maximum atomic E-state index is 12.6. The van der Waals surface area contributed by atoms with Crippen LogP contribution in [0.4, 0.5) is 5.69 Å².